The second-order valence-electron chi connectivity index (χ2n) is 6.86. The van der Waals surface area contributed by atoms with Gasteiger partial charge in [0, 0.05) is 30.6 Å². The van der Waals surface area contributed by atoms with E-state index in [1.54, 1.807) is 0 Å². The molecular formula is C18H24N4O5S2. The number of hydrogen-bond donors (Lipinski definition) is 2. The first kappa shape index (κ1) is 21.8. The maximum Gasteiger partial charge on any atom is 0.262 e. The number of nitrogens with one attached hydrogen (secondary N) is 2. The molecule has 9 nitrogen and oxygen atoms in total. The van der Waals surface area contributed by atoms with Gasteiger partial charge in [-0.05, 0) is 38.1 Å². The molecule has 11 heteroatoms. The van der Waals surface area contributed by atoms with Gasteiger partial charge in [-0.2, -0.15) is 0 Å². The number of sulfonamides is 1. The summed E-state index contributed by atoms with van der Waals surface area (Å²) in [6.45, 7) is 6.49. The van der Waals surface area contributed by atoms with Crippen LogP contribution in [0, 0.1) is 0 Å². The fourth-order valence-electron chi connectivity index (χ4n) is 3.19. The Kier molecular flexibility index (Phi) is 6.98. The molecule has 2 atom stereocenters. The lowest BCUT2D eigenvalue weighted by Crippen LogP contribution is -2.44. The Morgan fingerprint density at radius 1 is 1.28 bits per heavy atom. The van der Waals surface area contributed by atoms with E-state index >= 15 is 0 Å². The molecule has 1 aliphatic heterocycles. The van der Waals surface area contributed by atoms with Crippen LogP contribution >= 0.6 is 11.3 Å². The summed E-state index contributed by atoms with van der Waals surface area (Å²) in [5.41, 5.74) is 1.22. The van der Waals surface area contributed by atoms with E-state index in [1.807, 2.05) is 10.3 Å². The minimum atomic E-state index is -3.76. The largest absolute Gasteiger partial charge is 0.373 e. The van der Waals surface area contributed by atoms with Crippen LogP contribution in [0.5, 0.6) is 0 Å². The lowest BCUT2D eigenvalue weighted by atomic mass is 10.2. The lowest BCUT2D eigenvalue weighted by Gasteiger charge is -2.34. The number of benzene rings is 1. The van der Waals surface area contributed by atoms with Gasteiger partial charge in [-0.15, -0.1) is 11.3 Å². The van der Waals surface area contributed by atoms with E-state index in [0.29, 0.717) is 17.2 Å². The maximum absolute atomic E-state index is 12.4. The van der Waals surface area contributed by atoms with E-state index in [-0.39, 0.29) is 23.0 Å². The zero-order chi connectivity index (χ0) is 21.0. The molecule has 1 amide bonds. The molecule has 0 spiro atoms. The fourth-order valence-corrected chi connectivity index (χ4v) is 4.70. The zero-order valence-corrected chi connectivity index (χ0v) is 18.0. The highest BCUT2D eigenvalue weighted by molar-refractivity contribution is 7.89. The molecule has 1 aromatic carbocycles. The van der Waals surface area contributed by atoms with Gasteiger partial charge in [0.1, 0.15) is 0 Å². The highest BCUT2D eigenvalue weighted by atomic mass is 32.2. The molecule has 158 valence electrons. The summed E-state index contributed by atoms with van der Waals surface area (Å²) in [5.74, 6) is -0.358. The van der Waals surface area contributed by atoms with E-state index < -0.39 is 10.0 Å². The number of rotatable bonds is 7. The number of anilines is 1. The standard InChI is InChI=1S/C18H24N4O5S2/c1-12-8-22(9-13(2)27-12)10-15-11-28-18(19-15)20-17(23)14-4-6-16(7-5-14)29(24,25)21-26-3/h4-7,11-13,21H,8-10H2,1-3H3,(H,19,20,23). The molecule has 29 heavy (non-hydrogen) atoms. The Labute approximate surface area is 174 Å². The number of aromatic nitrogens is 1. The predicted molar refractivity (Wildman–Crippen MR) is 109 cm³/mol. The molecule has 1 saturated heterocycles. The van der Waals surface area contributed by atoms with Crippen molar-refractivity contribution in [3.05, 3.63) is 40.9 Å². The molecule has 1 aromatic heterocycles. The van der Waals surface area contributed by atoms with Gasteiger partial charge in [-0.1, -0.05) is 4.89 Å². The molecular weight excluding hydrogens is 416 g/mol. The molecule has 2 unspecified atom stereocenters. The van der Waals surface area contributed by atoms with Crippen LogP contribution in [-0.2, 0) is 26.1 Å². The zero-order valence-electron chi connectivity index (χ0n) is 16.4. The third-order valence-electron chi connectivity index (χ3n) is 4.27. The number of carbonyl (C=O) groups excluding carboxylic acids is 1. The van der Waals surface area contributed by atoms with Crippen molar-refractivity contribution < 1.29 is 22.8 Å². The molecule has 0 radical (unpaired) electrons. The van der Waals surface area contributed by atoms with Crippen LogP contribution in [0.1, 0.15) is 29.9 Å². The van der Waals surface area contributed by atoms with E-state index in [9.17, 15) is 13.2 Å². The van der Waals surface area contributed by atoms with Crippen molar-refractivity contribution in [2.45, 2.75) is 37.5 Å². The Bertz CT molecular complexity index is 935. The van der Waals surface area contributed by atoms with E-state index in [0.717, 1.165) is 18.8 Å². The Morgan fingerprint density at radius 3 is 2.55 bits per heavy atom. The van der Waals surface area contributed by atoms with Crippen molar-refractivity contribution in [3.8, 4) is 0 Å². The van der Waals surface area contributed by atoms with Crippen molar-refractivity contribution in [1.29, 1.82) is 0 Å². The topological polar surface area (TPSA) is 110 Å². The number of thiazole rings is 1. The number of nitrogens with zero attached hydrogens (tertiary/aromatic N) is 2. The van der Waals surface area contributed by atoms with Crippen LogP contribution in [0.25, 0.3) is 0 Å². The first-order valence-corrected chi connectivity index (χ1v) is 11.4. The number of morpholine rings is 1. The lowest BCUT2D eigenvalue weighted by molar-refractivity contribution is -0.0707. The number of carbonyl (C=O) groups is 1. The highest BCUT2D eigenvalue weighted by Crippen LogP contribution is 2.20. The van der Waals surface area contributed by atoms with Crippen LogP contribution in [0.15, 0.2) is 34.5 Å². The average molecular weight is 441 g/mol. The Morgan fingerprint density at radius 2 is 1.93 bits per heavy atom. The highest BCUT2D eigenvalue weighted by Gasteiger charge is 2.23. The monoisotopic (exact) mass is 440 g/mol. The summed E-state index contributed by atoms with van der Waals surface area (Å²) in [6, 6.07) is 5.55. The third-order valence-corrected chi connectivity index (χ3v) is 6.36. The van der Waals surface area contributed by atoms with E-state index in [1.165, 1.54) is 42.7 Å². The van der Waals surface area contributed by atoms with Crippen molar-refractivity contribution >= 4 is 32.4 Å². The van der Waals surface area contributed by atoms with Gasteiger partial charge in [0.05, 0.1) is 29.9 Å². The van der Waals surface area contributed by atoms with Gasteiger partial charge in [0.25, 0.3) is 15.9 Å². The molecule has 2 heterocycles. The number of ether oxygens (including phenoxy) is 1. The Balaban J connectivity index is 1.60. The van der Waals surface area contributed by atoms with Crippen molar-refractivity contribution in [2.75, 3.05) is 25.5 Å². The average Bonchev–Trinajstić information content (AvgIpc) is 3.07. The fraction of sp³-hybridized carbons (Fsp3) is 0.444. The normalized spacial score (nSPS) is 20.5. The second kappa shape index (κ2) is 9.28. The number of amides is 1. The molecule has 0 saturated carbocycles. The first-order valence-electron chi connectivity index (χ1n) is 9.05. The molecule has 1 fully saturated rings. The van der Waals surface area contributed by atoms with Gasteiger partial charge in [-0.3, -0.25) is 19.8 Å². The van der Waals surface area contributed by atoms with Gasteiger partial charge in [0.2, 0.25) is 0 Å². The second-order valence-corrected chi connectivity index (χ2v) is 9.37. The van der Waals surface area contributed by atoms with Gasteiger partial charge >= 0.3 is 0 Å². The van der Waals surface area contributed by atoms with Crippen LogP contribution in [-0.4, -0.2) is 56.6 Å². The molecule has 3 rings (SSSR count). The molecule has 1 aliphatic rings. The summed E-state index contributed by atoms with van der Waals surface area (Å²) in [4.78, 5) is 25.6. The minimum Gasteiger partial charge on any atom is -0.373 e. The Hall–Kier alpha value is -1.89. The third kappa shape index (κ3) is 5.81. The first-order chi connectivity index (χ1) is 13.8. The predicted octanol–water partition coefficient (Wildman–Crippen LogP) is 1.84. The summed E-state index contributed by atoms with van der Waals surface area (Å²) in [5, 5.41) is 5.17. The van der Waals surface area contributed by atoms with Crippen LogP contribution in [0.3, 0.4) is 0 Å². The summed E-state index contributed by atoms with van der Waals surface area (Å²) < 4.78 is 29.4. The van der Waals surface area contributed by atoms with Crippen molar-refractivity contribution in [1.82, 2.24) is 14.8 Å². The SMILES string of the molecule is CONS(=O)(=O)c1ccc(C(=O)Nc2nc(CN3CC(C)OC(C)C3)cs2)cc1. The van der Waals surface area contributed by atoms with Gasteiger partial charge in [0.15, 0.2) is 5.13 Å². The van der Waals surface area contributed by atoms with Crippen LogP contribution in [0.4, 0.5) is 5.13 Å². The van der Waals surface area contributed by atoms with Gasteiger partial charge < -0.3 is 4.74 Å². The van der Waals surface area contributed by atoms with E-state index in [2.05, 4.69) is 33.9 Å². The van der Waals surface area contributed by atoms with E-state index in [4.69, 9.17) is 4.74 Å². The minimum absolute atomic E-state index is 0.00130. The number of hydrogen-bond acceptors (Lipinski definition) is 8. The molecule has 2 aromatic rings. The van der Waals surface area contributed by atoms with Crippen LogP contribution in [0.2, 0.25) is 0 Å². The van der Waals surface area contributed by atoms with Crippen LogP contribution < -0.4 is 10.2 Å². The molecule has 0 bridgehead atoms. The summed E-state index contributed by atoms with van der Waals surface area (Å²) >= 11 is 1.35. The van der Waals surface area contributed by atoms with Crippen molar-refractivity contribution in [2.24, 2.45) is 0 Å². The maximum atomic E-state index is 12.4. The molecule has 0 aliphatic carbocycles. The summed E-state index contributed by atoms with van der Waals surface area (Å²) in [7, 11) is -2.55. The van der Waals surface area contributed by atoms with Gasteiger partial charge in [-0.25, -0.2) is 13.4 Å². The summed E-state index contributed by atoms with van der Waals surface area (Å²) in [6.07, 6.45) is 0.366. The quantitative estimate of drug-likeness (QED) is 0.632. The van der Waals surface area contributed by atoms with Crippen molar-refractivity contribution in [3.63, 3.8) is 0 Å². The molecule has 2 N–H and O–H groups in total. The smallest absolute Gasteiger partial charge is 0.262 e.